The van der Waals surface area contributed by atoms with Crippen molar-refractivity contribution in [3.05, 3.63) is 125 Å². The zero-order valence-corrected chi connectivity index (χ0v) is 22.9. The molecular weight excluding hydrogens is 514 g/mol. The van der Waals surface area contributed by atoms with Crippen LogP contribution in [0.3, 0.4) is 0 Å². The van der Waals surface area contributed by atoms with Crippen LogP contribution in [0, 0.1) is 0 Å². The summed E-state index contributed by atoms with van der Waals surface area (Å²) in [6.45, 7) is 0. The summed E-state index contributed by atoms with van der Waals surface area (Å²) in [5.41, 5.74) is 13.8. The third-order valence-corrected chi connectivity index (χ3v) is 9.39. The largest absolute Gasteiger partial charge is 0.455 e. The summed E-state index contributed by atoms with van der Waals surface area (Å²) in [6.07, 6.45) is 4.53. The third-order valence-electron chi connectivity index (χ3n) is 9.39. The van der Waals surface area contributed by atoms with Gasteiger partial charge in [0, 0.05) is 27.3 Å². The lowest BCUT2D eigenvalue weighted by molar-refractivity contribution is 0.670. The van der Waals surface area contributed by atoms with Gasteiger partial charge in [-0.1, -0.05) is 60.7 Å². The third kappa shape index (κ3) is 3.07. The van der Waals surface area contributed by atoms with Crippen molar-refractivity contribution in [2.45, 2.75) is 25.7 Å². The van der Waals surface area contributed by atoms with Crippen molar-refractivity contribution in [2.75, 3.05) is 0 Å². The molecule has 8 aromatic rings. The van der Waals surface area contributed by atoms with Gasteiger partial charge in [-0.3, -0.25) is 4.57 Å². The van der Waals surface area contributed by atoms with E-state index in [-0.39, 0.29) is 0 Å². The van der Waals surface area contributed by atoms with Crippen LogP contribution in [0.15, 0.2) is 108 Å². The van der Waals surface area contributed by atoms with Gasteiger partial charge in [0.25, 0.3) is 0 Å². The van der Waals surface area contributed by atoms with Crippen molar-refractivity contribution in [1.29, 1.82) is 0 Å². The van der Waals surface area contributed by atoms with Crippen molar-refractivity contribution in [3.63, 3.8) is 0 Å². The van der Waals surface area contributed by atoms with Crippen LogP contribution in [0.4, 0.5) is 0 Å². The maximum atomic E-state index is 6.71. The van der Waals surface area contributed by atoms with Gasteiger partial charge in [-0.15, -0.1) is 0 Å². The second-order valence-electron chi connectivity index (χ2n) is 11.7. The fourth-order valence-corrected chi connectivity index (χ4v) is 6.98. The van der Waals surface area contributed by atoms with Gasteiger partial charge in [0.15, 0.2) is 0 Å². The Balaban J connectivity index is 1.32. The fraction of sp³-hybridized carbons (Fsp3) is 0.105. The predicted molar refractivity (Wildman–Crippen MR) is 169 cm³/mol. The smallest absolute Gasteiger partial charge is 0.235 e. The summed E-state index contributed by atoms with van der Waals surface area (Å²) in [4.78, 5) is 10.4. The van der Waals surface area contributed by atoms with E-state index in [0.29, 0.717) is 5.95 Å². The molecule has 0 fully saturated rings. The highest BCUT2D eigenvalue weighted by molar-refractivity contribution is 6.24. The molecule has 2 aliphatic carbocycles. The number of rotatable bonds is 3. The normalized spacial score (nSPS) is 13.8. The molecule has 3 aromatic heterocycles. The zero-order valence-electron chi connectivity index (χ0n) is 22.9. The van der Waals surface area contributed by atoms with E-state index in [1.54, 1.807) is 0 Å². The SMILES string of the molecule is c1ccc(-c2cc(-c3ccccc3)nc(-n3c4cc5c(cc4c4c6oc7cc8c(cc7c6ccc43)CC8)CC5)n2)cc1. The zero-order chi connectivity index (χ0) is 27.4. The van der Waals surface area contributed by atoms with Gasteiger partial charge < -0.3 is 4.42 Å². The first-order chi connectivity index (χ1) is 20.8. The van der Waals surface area contributed by atoms with Gasteiger partial charge in [-0.2, -0.15) is 0 Å². The fourth-order valence-electron chi connectivity index (χ4n) is 6.98. The molecule has 5 aromatic carbocycles. The number of benzene rings is 5. The monoisotopic (exact) mass is 539 g/mol. The average molecular weight is 540 g/mol. The Labute approximate surface area is 241 Å². The van der Waals surface area contributed by atoms with E-state index in [2.05, 4.69) is 95.6 Å². The second kappa shape index (κ2) is 8.17. The topological polar surface area (TPSA) is 43.9 Å². The molecule has 0 saturated carbocycles. The maximum absolute atomic E-state index is 6.71. The molecule has 0 bridgehead atoms. The molecular formula is C38H25N3O. The van der Waals surface area contributed by atoms with E-state index in [1.807, 2.05) is 12.1 Å². The summed E-state index contributed by atoms with van der Waals surface area (Å²) in [6, 6.07) is 36.7. The summed E-state index contributed by atoms with van der Waals surface area (Å²) < 4.78 is 8.97. The molecule has 0 atom stereocenters. The van der Waals surface area contributed by atoms with Crippen LogP contribution in [0.2, 0.25) is 0 Å². The first kappa shape index (κ1) is 22.5. The highest BCUT2D eigenvalue weighted by Gasteiger charge is 2.25. The van der Waals surface area contributed by atoms with Crippen molar-refractivity contribution >= 4 is 43.7 Å². The van der Waals surface area contributed by atoms with E-state index in [0.717, 1.165) is 75.8 Å². The molecule has 0 unspecified atom stereocenters. The van der Waals surface area contributed by atoms with Gasteiger partial charge >= 0.3 is 0 Å². The number of furan rings is 1. The molecule has 4 heteroatoms. The molecule has 2 aliphatic rings. The summed E-state index contributed by atoms with van der Waals surface area (Å²) >= 11 is 0. The van der Waals surface area contributed by atoms with E-state index in [4.69, 9.17) is 14.4 Å². The molecule has 0 spiro atoms. The van der Waals surface area contributed by atoms with Crippen LogP contribution >= 0.6 is 0 Å². The molecule has 42 heavy (non-hydrogen) atoms. The minimum absolute atomic E-state index is 0.674. The van der Waals surface area contributed by atoms with Gasteiger partial charge in [-0.05, 0) is 90.4 Å². The summed E-state index contributed by atoms with van der Waals surface area (Å²) in [5, 5.41) is 4.74. The van der Waals surface area contributed by atoms with Gasteiger partial charge in [0.2, 0.25) is 5.95 Å². The number of nitrogens with zero attached hydrogens (tertiary/aromatic N) is 3. The Morgan fingerprint density at radius 3 is 1.76 bits per heavy atom. The van der Waals surface area contributed by atoms with E-state index in [1.165, 1.54) is 38.4 Å². The number of hydrogen-bond donors (Lipinski definition) is 0. The predicted octanol–water partition coefficient (Wildman–Crippen LogP) is 9.00. The van der Waals surface area contributed by atoms with Gasteiger partial charge in [0.1, 0.15) is 11.2 Å². The Morgan fingerprint density at radius 2 is 1.12 bits per heavy atom. The highest BCUT2D eigenvalue weighted by atomic mass is 16.3. The number of aryl methyl sites for hydroxylation is 4. The minimum atomic E-state index is 0.674. The van der Waals surface area contributed by atoms with Crippen molar-refractivity contribution in [1.82, 2.24) is 14.5 Å². The Morgan fingerprint density at radius 1 is 0.524 bits per heavy atom. The van der Waals surface area contributed by atoms with E-state index < -0.39 is 0 Å². The van der Waals surface area contributed by atoms with Crippen LogP contribution in [0.5, 0.6) is 0 Å². The van der Waals surface area contributed by atoms with Crippen LogP contribution in [0.1, 0.15) is 22.3 Å². The molecule has 4 nitrogen and oxygen atoms in total. The molecule has 10 rings (SSSR count). The molecule has 0 amide bonds. The lowest BCUT2D eigenvalue weighted by atomic mass is 9.87. The van der Waals surface area contributed by atoms with Crippen molar-refractivity contribution in [3.8, 4) is 28.5 Å². The number of fused-ring (bicyclic) bond motifs is 9. The Bertz CT molecular complexity index is 2340. The molecule has 0 N–H and O–H groups in total. The molecule has 3 heterocycles. The van der Waals surface area contributed by atoms with Crippen molar-refractivity contribution < 1.29 is 4.42 Å². The van der Waals surface area contributed by atoms with E-state index >= 15 is 0 Å². The average Bonchev–Trinajstić information content (AvgIpc) is 3.54. The van der Waals surface area contributed by atoms with Crippen LogP contribution in [-0.2, 0) is 25.7 Å². The number of hydrogen-bond acceptors (Lipinski definition) is 3. The standard InChI is InChI=1S/C38H25N3O/c1-3-7-22(8-4-1)31-21-32(23-9-5-2-6-10-23)40-38(39-31)41-33-16-15-28-29-17-24-12-14-27(24)20-35(29)42-37(28)36(33)30-18-25-11-13-26(25)19-34(30)41/h1-10,15-21H,11-14H2. The molecule has 0 aliphatic heterocycles. The van der Waals surface area contributed by atoms with Crippen molar-refractivity contribution in [2.24, 2.45) is 0 Å². The van der Waals surface area contributed by atoms with Crippen LogP contribution in [0.25, 0.3) is 72.2 Å². The highest BCUT2D eigenvalue weighted by Crippen LogP contribution is 2.43. The summed E-state index contributed by atoms with van der Waals surface area (Å²) in [7, 11) is 0. The lowest BCUT2D eigenvalue weighted by Gasteiger charge is -2.19. The minimum Gasteiger partial charge on any atom is -0.455 e. The first-order valence-electron chi connectivity index (χ1n) is 14.8. The molecule has 198 valence electrons. The van der Waals surface area contributed by atoms with Crippen LogP contribution in [-0.4, -0.2) is 14.5 Å². The Kier molecular flexibility index (Phi) is 4.37. The second-order valence-corrected chi connectivity index (χ2v) is 11.7. The lowest BCUT2D eigenvalue weighted by Crippen LogP contribution is -2.09. The molecule has 0 saturated heterocycles. The molecule has 0 radical (unpaired) electrons. The maximum Gasteiger partial charge on any atom is 0.235 e. The quantitative estimate of drug-likeness (QED) is 0.225. The number of aromatic nitrogens is 3. The summed E-state index contributed by atoms with van der Waals surface area (Å²) in [5.74, 6) is 0.674. The first-order valence-corrected chi connectivity index (χ1v) is 14.8. The van der Waals surface area contributed by atoms with E-state index in [9.17, 15) is 0 Å². The van der Waals surface area contributed by atoms with Crippen LogP contribution < -0.4 is 0 Å². The Hall–Kier alpha value is -5.22. The van der Waals surface area contributed by atoms with Gasteiger partial charge in [-0.25, -0.2) is 9.97 Å². The van der Waals surface area contributed by atoms with Gasteiger partial charge in [0.05, 0.1) is 27.8 Å².